The molecule has 1 heterocycles. The number of aliphatic hydroxyl groups is 2. The van der Waals surface area contributed by atoms with Crippen LogP contribution in [0.15, 0.2) is 46.6 Å². The summed E-state index contributed by atoms with van der Waals surface area (Å²) in [5.41, 5.74) is 3.46. The van der Waals surface area contributed by atoms with Crippen molar-refractivity contribution >= 4 is 0 Å². The maximum absolute atomic E-state index is 11.1. The van der Waals surface area contributed by atoms with Gasteiger partial charge in [0.05, 0.1) is 6.67 Å². The maximum Gasteiger partial charge on any atom is 0.218 e. The molecule has 0 aromatic rings. The van der Waals surface area contributed by atoms with Crippen LogP contribution in [0.4, 0.5) is 0 Å². The summed E-state index contributed by atoms with van der Waals surface area (Å²) in [4.78, 5) is 4.82. The van der Waals surface area contributed by atoms with E-state index in [4.69, 9.17) is 18.9 Å². The number of aliphatic hydroxyl groups excluding tert-OH is 2. The first-order chi connectivity index (χ1) is 17.6. The lowest BCUT2D eigenvalue weighted by Gasteiger charge is -2.43. The lowest BCUT2D eigenvalue weighted by atomic mass is 9.76. The van der Waals surface area contributed by atoms with E-state index in [1.807, 2.05) is 12.2 Å². The van der Waals surface area contributed by atoms with Crippen LogP contribution in [0.5, 0.6) is 0 Å². The minimum atomic E-state index is -1.20. The molecule has 0 amide bonds. The number of ether oxygens (including phenoxy) is 4. The van der Waals surface area contributed by atoms with Crippen LogP contribution in [0.1, 0.15) is 48.0 Å². The van der Waals surface area contributed by atoms with Crippen LogP contribution < -0.4 is 0 Å². The van der Waals surface area contributed by atoms with E-state index in [-0.39, 0.29) is 10.8 Å². The summed E-state index contributed by atoms with van der Waals surface area (Å²) < 4.78 is 22.9. The van der Waals surface area contributed by atoms with E-state index in [1.165, 1.54) is 0 Å². The molecule has 2 aliphatic carbocycles. The quantitative estimate of drug-likeness (QED) is 0.458. The van der Waals surface area contributed by atoms with Gasteiger partial charge < -0.3 is 29.2 Å². The molecule has 0 saturated carbocycles. The zero-order valence-corrected chi connectivity index (χ0v) is 25.1. The molecule has 0 aromatic carbocycles. The molecule has 1 fully saturated rings. The highest BCUT2D eigenvalue weighted by Crippen LogP contribution is 2.41. The standard InChI is InChI=1S/C30H50N2O6/c1-27(2,3)23-14-21(16-29(35-7,36-8)25(23)33)18-31-12-11-13-32(20-31)19-22-15-24(28(4,5)6)26(34)30(17-22,37-9)38-10/h14-17,25-26,33-34H,11-13,18-20H2,1-10H3. The van der Waals surface area contributed by atoms with Crippen LogP contribution >= 0.6 is 0 Å². The smallest absolute Gasteiger partial charge is 0.218 e. The Labute approximate surface area is 229 Å². The van der Waals surface area contributed by atoms with Crippen molar-refractivity contribution in [2.75, 3.05) is 61.3 Å². The Balaban J connectivity index is 1.82. The van der Waals surface area contributed by atoms with Crippen molar-refractivity contribution in [3.05, 3.63) is 46.6 Å². The first-order valence-electron chi connectivity index (χ1n) is 13.5. The third-order valence-corrected chi connectivity index (χ3v) is 7.98. The number of nitrogens with zero attached hydrogens (tertiary/aromatic N) is 2. The van der Waals surface area contributed by atoms with E-state index in [1.54, 1.807) is 28.4 Å². The summed E-state index contributed by atoms with van der Waals surface area (Å²) in [5.74, 6) is -2.40. The van der Waals surface area contributed by atoms with Gasteiger partial charge in [0.1, 0.15) is 12.2 Å². The summed E-state index contributed by atoms with van der Waals surface area (Å²) in [6, 6.07) is 0. The van der Waals surface area contributed by atoms with Gasteiger partial charge in [-0.3, -0.25) is 9.80 Å². The fourth-order valence-corrected chi connectivity index (χ4v) is 5.75. The summed E-state index contributed by atoms with van der Waals surface area (Å²) >= 11 is 0. The van der Waals surface area contributed by atoms with Crippen molar-refractivity contribution < 1.29 is 29.2 Å². The number of hydrogen-bond acceptors (Lipinski definition) is 8. The van der Waals surface area contributed by atoms with Crippen LogP contribution in [0.25, 0.3) is 0 Å². The molecule has 8 heteroatoms. The second-order valence-corrected chi connectivity index (χ2v) is 12.8. The molecule has 2 N–H and O–H groups in total. The average Bonchev–Trinajstić information content (AvgIpc) is 2.85. The number of hydrogen-bond donors (Lipinski definition) is 2. The normalized spacial score (nSPS) is 26.9. The molecule has 0 radical (unpaired) electrons. The van der Waals surface area contributed by atoms with Gasteiger partial charge in [-0.2, -0.15) is 0 Å². The van der Waals surface area contributed by atoms with E-state index in [9.17, 15) is 10.2 Å². The molecule has 216 valence electrons. The summed E-state index contributed by atoms with van der Waals surface area (Å²) in [5, 5.41) is 22.2. The van der Waals surface area contributed by atoms with Crippen LogP contribution in [0.2, 0.25) is 0 Å². The molecule has 38 heavy (non-hydrogen) atoms. The van der Waals surface area contributed by atoms with Crippen molar-refractivity contribution in [2.24, 2.45) is 10.8 Å². The Bertz CT molecular complexity index is 884. The zero-order valence-electron chi connectivity index (χ0n) is 25.1. The highest BCUT2D eigenvalue weighted by molar-refractivity contribution is 5.40. The van der Waals surface area contributed by atoms with E-state index in [0.717, 1.165) is 61.6 Å². The third kappa shape index (κ3) is 6.34. The van der Waals surface area contributed by atoms with E-state index >= 15 is 0 Å². The molecule has 8 nitrogen and oxygen atoms in total. The lowest BCUT2D eigenvalue weighted by molar-refractivity contribution is -0.220. The lowest BCUT2D eigenvalue weighted by Crippen LogP contribution is -2.51. The van der Waals surface area contributed by atoms with E-state index in [0.29, 0.717) is 0 Å². The van der Waals surface area contributed by atoms with Crippen molar-refractivity contribution in [3.63, 3.8) is 0 Å². The summed E-state index contributed by atoms with van der Waals surface area (Å²) in [6.45, 7) is 16.8. The third-order valence-electron chi connectivity index (χ3n) is 7.98. The fraction of sp³-hybridized carbons (Fsp3) is 0.733. The van der Waals surface area contributed by atoms with Gasteiger partial charge in [-0.05, 0) is 51.7 Å². The van der Waals surface area contributed by atoms with Gasteiger partial charge in [-0.15, -0.1) is 0 Å². The maximum atomic E-state index is 11.1. The highest BCUT2D eigenvalue weighted by atomic mass is 16.7. The molecule has 0 bridgehead atoms. The first-order valence-corrected chi connectivity index (χ1v) is 13.5. The van der Waals surface area contributed by atoms with Crippen LogP contribution in [0.3, 0.4) is 0 Å². The van der Waals surface area contributed by atoms with Gasteiger partial charge >= 0.3 is 0 Å². The molecule has 3 aliphatic rings. The fourth-order valence-electron chi connectivity index (χ4n) is 5.75. The summed E-state index contributed by atoms with van der Waals surface area (Å²) in [6.07, 6.45) is 7.33. The largest absolute Gasteiger partial charge is 0.383 e. The Kier molecular flexibility index (Phi) is 9.54. The molecule has 3 rings (SSSR count). The van der Waals surface area contributed by atoms with Crippen LogP contribution in [-0.4, -0.2) is 105 Å². The van der Waals surface area contributed by atoms with Crippen molar-refractivity contribution in [2.45, 2.75) is 71.7 Å². The predicted octanol–water partition coefficient (Wildman–Crippen LogP) is 3.48. The molecular weight excluding hydrogens is 484 g/mol. The first kappa shape index (κ1) is 31.2. The highest BCUT2D eigenvalue weighted by Gasteiger charge is 2.46. The zero-order chi connectivity index (χ0) is 28.5. The van der Waals surface area contributed by atoms with Gasteiger partial charge in [-0.25, -0.2) is 0 Å². The molecule has 1 saturated heterocycles. The topological polar surface area (TPSA) is 83.9 Å². The monoisotopic (exact) mass is 534 g/mol. The van der Waals surface area contributed by atoms with Crippen LogP contribution in [0, 0.1) is 10.8 Å². The Morgan fingerprint density at radius 1 is 0.711 bits per heavy atom. The Hall–Kier alpha value is -1.36. The second-order valence-electron chi connectivity index (χ2n) is 12.8. The summed E-state index contributed by atoms with van der Waals surface area (Å²) in [7, 11) is 6.29. The van der Waals surface area contributed by atoms with E-state index < -0.39 is 23.8 Å². The van der Waals surface area contributed by atoms with Crippen molar-refractivity contribution in [3.8, 4) is 0 Å². The Morgan fingerprint density at radius 3 is 1.34 bits per heavy atom. The molecule has 0 spiro atoms. The van der Waals surface area contributed by atoms with Gasteiger partial charge in [0.2, 0.25) is 11.6 Å². The average molecular weight is 535 g/mol. The molecule has 2 unspecified atom stereocenters. The molecule has 1 aliphatic heterocycles. The van der Waals surface area contributed by atoms with Gasteiger partial charge in [-0.1, -0.05) is 53.7 Å². The Morgan fingerprint density at radius 2 is 1.05 bits per heavy atom. The second kappa shape index (κ2) is 11.6. The molecular formula is C30H50N2O6. The predicted molar refractivity (Wildman–Crippen MR) is 149 cm³/mol. The van der Waals surface area contributed by atoms with Gasteiger partial charge in [0.15, 0.2) is 0 Å². The van der Waals surface area contributed by atoms with E-state index in [2.05, 4.69) is 63.5 Å². The SMILES string of the molecule is COC1(OC)C=C(CN2CCCN(CC3=CC(OC)(OC)C(O)C(C(C)(C)C)=C3)C2)C=C(C(C)(C)C)C1O. The molecule has 2 atom stereocenters. The number of methoxy groups -OCH3 is 4. The van der Waals surface area contributed by atoms with Crippen molar-refractivity contribution in [1.82, 2.24) is 9.80 Å². The molecule has 0 aromatic heterocycles. The minimum absolute atomic E-state index is 0.237. The van der Waals surface area contributed by atoms with Crippen LogP contribution in [-0.2, 0) is 18.9 Å². The minimum Gasteiger partial charge on any atom is -0.383 e. The van der Waals surface area contributed by atoms with Gasteiger partial charge in [0.25, 0.3) is 0 Å². The van der Waals surface area contributed by atoms with Gasteiger partial charge in [0, 0.05) is 54.6 Å². The van der Waals surface area contributed by atoms with Crippen molar-refractivity contribution in [1.29, 1.82) is 0 Å². The number of rotatable bonds is 8.